The summed E-state index contributed by atoms with van der Waals surface area (Å²) in [6.07, 6.45) is 7.26. The second kappa shape index (κ2) is 11.6. The molecule has 9 nitrogen and oxygen atoms in total. The Morgan fingerprint density at radius 2 is 1.82 bits per heavy atom. The molecule has 3 aromatic heterocycles. The lowest BCUT2D eigenvalue weighted by molar-refractivity contribution is -0.116. The molecule has 2 N–H and O–H groups in total. The minimum atomic E-state index is -0.438. The number of imidazole rings is 1. The van der Waals surface area contributed by atoms with Crippen molar-refractivity contribution < 1.29 is 4.79 Å². The highest BCUT2D eigenvalue weighted by Gasteiger charge is 2.19. The number of thiazole rings is 1. The maximum Gasteiger partial charge on any atom is 0.330 e. The van der Waals surface area contributed by atoms with Gasteiger partial charge in [-0.05, 0) is 26.0 Å². The number of hydrogen-bond acceptors (Lipinski definition) is 7. The average Bonchev–Trinajstić information content (AvgIpc) is 3.32. The zero-order chi connectivity index (χ0) is 24.0. The molecule has 0 aliphatic heterocycles. The number of rotatable bonds is 12. The zero-order valence-electron chi connectivity index (χ0n) is 19.7. The number of carbonyl (C=O) groups excluding carboxylic acids is 1. The molecular weight excluding hydrogens is 460 g/mol. The van der Waals surface area contributed by atoms with E-state index in [0.29, 0.717) is 41.6 Å². The van der Waals surface area contributed by atoms with Crippen LogP contribution < -0.4 is 16.6 Å². The highest BCUT2D eigenvalue weighted by molar-refractivity contribution is 8.00. The second-order valence-electron chi connectivity index (χ2n) is 7.97. The van der Waals surface area contributed by atoms with E-state index < -0.39 is 11.2 Å². The molecule has 180 valence electrons. The summed E-state index contributed by atoms with van der Waals surface area (Å²) in [6.45, 7) is 7.21. The standard InChI is InChI=1S/C22H32N6O3S2/c1-5-7-9-13-27-15(10-11-16(29)25-21-23-14(3)20(32-4)33-21)24-18-17(27)19(30)26-22(31)28(18)12-8-6-2/h5-13H2,1-4H3,(H,23,25,29)(H,26,30,31). The molecule has 3 heterocycles. The molecule has 11 heteroatoms. The van der Waals surface area contributed by atoms with Gasteiger partial charge in [-0.15, -0.1) is 11.8 Å². The number of aryl methyl sites for hydroxylation is 4. The van der Waals surface area contributed by atoms with E-state index in [1.807, 2.05) is 24.7 Å². The molecule has 0 saturated carbocycles. The van der Waals surface area contributed by atoms with Gasteiger partial charge in [-0.1, -0.05) is 44.4 Å². The Hall–Kier alpha value is -2.40. The number of nitrogens with one attached hydrogen (secondary N) is 2. The normalized spacial score (nSPS) is 11.4. The minimum absolute atomic E-state index is 0.152. The van der Waals surface area contributed by atoms with Crippen LogP contribution in [0.15, 0.2) is 13.8 Å². The predicted octanol–water partition coefficient (Wildman–Crippen LogP) is 3.93. The summed E-state index contributed by atoms with van der Waals surface area (Å²) < 4.78 is 4.51. The van der Waals surface area contributed by atoms with Crippen LogP contribution in [-0.2, 0) is 24.3 Å². The summed E-state index contributed by atoms with van der Waals surface area (Å²) in [5.74, 6) is 0.499. The van der Waals surface area contributed by atoms with Crippen LogP contribution in [0.1, 0.15) is 63.9 Å². The number of carbonyl (C=O) groups is 1. The number of aromatic nitrogens is 5. The average molecular weight is 493 g/mol. The number of thioether (sulfide) groups is 1. The molecule has 0 fully saturated rings. The quantitative estimate of drug-likeness (QED) is 0.292. The van der Waals surface area contributed by atoms with E-state index in [1.165, 1.54) is 11.3 Å². The van der Waals surface area contributed by atoms with Crippen molar-refractivity contribution >= 4 is 45.3 Å². The van der Waals surface area contributed by atoms with Gasteiger partial charge in [0.05, 0.1) is 9.90 Å². The lowest BCUT2D eigenvalue weighted by atomic mass is 10.2. The molecule has 0 bridgehead atoms. The van der Waals surface area contributed by atoms with E-state index in [1.54, 1.807) is 16.3 Å². The summed E-state index contributed by atoms with van der Waals surface area (Å²) >= 11 is 3.07. The maximum absolute atomic E-state index is 12.7. The Balaban J connectivity index is 1.88. The Bertz CT molecular complexity index is 1220. The summed E-state index contributed by atoms with van der Waals surface area (Å²) in [5.41, 5.74) is 0.865. The van der Waals surface area contributed by atoms with Crippen LogP contribution in [-0.4, -0.2) is 36.2 Å². The van der Waals surface area contributed by atoms with Gasteiger partial charge in [-0.2, -0.15) is 0 Å². The Kier molecular flexibility index (Phi) is 8.90. The van der Waals surface area contributed by atoms with Crippen LogP contribution in [0, 0.1) is 6.92 Å². The number of H-pyrrole nitrogens is 1. The van der Waals surface area contributed by atoms with Gasteiger partial charge < -0.3 is 9.88 Å². The molecular formula is C22H32N6O3S2. The smallest absolute Gasteiger partial charge is 0.322 e. The third-order valence-corrected chi connectivity index (χ3v) is 7.73. The molecule has 0 radical (unpaired) electrons. The monoisotopic (exact) mass is 492 g/mol. The van der Waals surface area contributed by atoms with Crippen LogP contribution in [0.2, 0.25) is 0 Å². The molecule has 0 saturated heterocycles. The molecule has 33 heavy (non-hydrogen) atoms. The van der Waals surface area contributed by atoms with Gasteiger partial charge in [0.25, 0.3) is 5.56 Å². The largest absolute Gasteiger partial charge is 0.330 e. The van der Waals surface area contributed by atoms with E-state index in [9.17, 15) is 14.4 Å². The minimum Gasteiger partial charge on any atom is -0.322 e. The van der Waals surface area contributed by atoms with Crippen molar-refractivity contribution in [3.05, 3.63) is 32.4 Å². The van der Waals surface area contributed by atoms with Gasteiger partial charge in [-0.3, -0.25) is 19.1 Å². The lowest BCUT2D eigenvalue weighted by Gasteiger charge is -2.09. The number of nitrogens with zero attached hydrogens (tertiary/aromatic N) is 4. The third kappa shape index (κ3) is 5.94. The van der Waals surface area contributed by atoms with Crippen molar-refractivity contribution in [3.63, 3.8) is 0 Å². The highest BCUT2D eigenvalue weighted by Crippen LogP contribution is 2.30. The lowest BCUT2D eigenvalue weighted by Crippen LogP contribution is -2.31. The molecule has 0 unspecified atom stereocenters. The van der Waals surface area contributed by atoms with Gasteiger partial charge in [0.2, 0.25) is 5.91 Å². The fourth-order valence-corrected chi connectivity index (χ4v) is 5.35. The molecule has 0 aromatic carbocycles. The first-order valence-electron chi connectivity index (χ1n) is 11.4. The fourth-order valence-electron chi connectivity index (χ4n) is 3.73. The van der Waals surface area contributed by atoms with E-state index in [4.69, 9.17) is 0 Å². The van der Waals surface area contributed by atoms with Crippen molar-refractivity contribution in [1.82, 2.24) is 24.1 Å². The SMILES string of the molecule is CCCCCn1c(CCC(=O)Nc2nc(C)c(SC)s2)nc2c1c(=O)[nH]c(=O)n2CCCC. The highest BCUT2D eigenvalue weighted by atomic mass is 32.2. The predicted molar refractivity (Wildman–Crippen MR) is 135 cm³/mol. The van der Waals surface area contributed by atoms with Crippen LogP contribution in [0.3, 0.4) is 0 Å². The van der Waals surface area contributed by atoms with E-state index >= 15 is 0 Å². The molecule has 3 rings (SSSR count). The second-order valence-corrected chi connectivity index (χ2v) is 10.0. The maximum atomic E-state index is 12.7. The van der Waals surface area contributed by atoms with Crippen molar-refractivity contribution in [1.29, 1.82) is 0 Å². The summed E-state index contributed by atoms with van der Waals surface area (Å²) in [5, 5.41) is 3.45. The first-order valence-corrected chi connectivity index (χ1v) is 13.5. The Morgan fingerprint density at radius 1 is 1.09 bits per heavy atom. The van der Waals surface area contributed by atoms with Crippen LogP contribution in [0.5, 0.6) is 0 Å². The van der Waals surface area contributed by atoms with Crippen LogP contribution in [0.25, 0.3) is 11.2 Å². The van der Waals surface area contributed by atoms with Crippen LogP contribution >= 0.6 is 23.1 Å². The summed E-state index contributed by atoms with van der Waals surface area (Å²) in [6, 6.07) is 0. The summed E-state index contributed by atoms with van der Waals surface area (Å²) in [4.78, 5) is 49.3. The van der Waals surface area contributed by atoms with Gasteiger partial charge in [-0.25, -0.2) is 14.8 Å². The molecule has 0 spiro atoms. The van der Waals surface area contributed by atoms with Gasteiger partial charge in [0.1, 0.15) is 5.82 Å². The topological polar surface area (TPSA) is 115 Å². The van der Waals surface area contributed by atoms with Crippen molar-refractivity contribution in [2.24, 2.45) is 0 Å². The summed E-state index contributed by atoms with van der Waals surface area (Å²) in [7, 11) is 0. The van der Waals surface area contributed by atoms with E-state index in [0.717, 1.165) is 42.0 Å². The van der Waals surface area contributed by atoms with E-state index in [-0.39, 0.29) is 12.3 Å². The van der Waals surface area contributed by atoms with Crippen molar-refractivity contribution in [2.45, 2.75) is 83.0 Å². The Morgan fingerprint density at radius 3 is 2.48 bits per heavy atom. The van der Waals surface area contributed by atoms with Gasteiger partial charge in [0, 0.05) is 25.9 Å². The zero-order valence-corrected chi connectivity index (χ0v) is 21.3. The number of amides is 1. The fraction of sp³-hybridized carbons (Fsp3) is 0.591. The Labute approximate surface area is 201 Å². The van der Waals surface area contributed by atoms with Crippen molar-refractivity contribution in [3.8, 4) is 0 Å². The van der Waals surface area contributed by atoms with Crippen LogP contribution in [0.4, 0.5) is 5.13 Å². The number of unbranched alkanes of at least 4 members (excludes halogenated alkanes) is 3. The van der Waals surface area contributed by atoms with Gasteiger partial charge in [0.15, 0.2) is 16.3 Å². The third-order valence-electron chi connectivity index (χ3n) is 5.45. The first-order chi connectivity index (χ1) is 15.9. The molecule has 3 aromatic rings. The van der Waals surface area contributed by atoms with Gasteiger partial charge >= 0.3 is 5.69 Å². The molecule has 0 aliphatic carbocycles. The number of fused-ring (bicyclic) bond motifs is 1. The number of hydrogen-bond donors (Lipinski definition) is 2. The number of anilines is 1. The number of aromatic amines is 1. The molecule has 0 atom stereocenters. The van der Waals surface area contributed by atoms with Crippen molar-refractivity contribution in [2.75, 3.05) is 11.6 Å². The first kappa shape index (κ1) is 25.2. The van der Waals surface area contributed by atoms with E-state index in [2.05, 4.69) is 27.2 Å². The molecule has 1 amide bonds. The molecule has 0 aliphatic rings.